The molecule has 260 valence electrons. The van der Waals surface area contributed by atoms with E-state index in [-0.39, 0.29) is 32.1 Å². The second-order valence-corrected chi connectivity index (χ2v) is 12.3. The van der Waals surface area contributed by atoms with Gasteiger partial charge in [-0.05, 0) is 42.5 Å². The van der Waals surface area contributed by atoms with Gasteiger partial charge in [0.25, 0.3) is 0 Å². The first-order valence-electron chi connectivity index (χ1n) is 16.2. The van der Waals surface area contributed by atoms with Gasteiger partial charge >= 0.3 is 17.9 Å². The first kappa shape index (κ1) is 34.4. The van der Waals surface area contributed by atoms with Crippen molar-refractivity contribution in [3.63, 3.8) is 0 Å². The number of pyridine rings is 2. The molecule has 1 saturated heterocycles. The molecule has 0 bridgehead atoms. The number of carboxylic acid groups (broad SMARTS) is 3. The van der Waals surface area contributed by atoms with E-state index in [4.69, 9.17) is 9.97 Å². The quantitative estimate of drug-likeness (QED) is 0.128. The van der Waals surface area contributed by atoms with Crippen LogP contribution in [-0.2, 0) is 19.2 Å². The Labute approximate surface area is 285 Å². The van der Waals surface area contributed by atoms with Crippen LogP contribution >= 0.6 is 0 Å². The van der Waals surface area contributed by atoms with Gasteiger partial charge in [0.15, 0.2) is 0 Å². The Morgan fingerprint density at radius 2 is 0.980 bits per heavy atom. The molecule has 5 aromatic rings. The number of fused-ring (bicyclic) bond motifs is 7. The second kappa shape index (κ2) is 15.4. The number of carbonyl (C=O) groups excluding carboxylic acids is 1. The number of carbonyl (C=O) groups is 4. The van der Waals surface area contributed by atoms with Gasteiger partial charge in [-0.25, -0.2) is 9.97 Å². The van der Waals surface area contributed by atoms with E-state index in [2.05, 4.69) is 15.3 Å². The fraction of sp³-hybridized carbons (Fsp3) is 0.353. The maximum absolute atomic E-state index is 13.4. The average molecular weight is 684 g/mol. The molecule has 0 aliphatic carbocycles. The summed E-state index contributed by atoms with van der Waals surface area (Å²) in [5.41, 5.74) is 4.59. The lowest BCUT2D eigenvalue weighted by atomic mass is 10.1. The third kappa shape index (κ3) is 8.41. The molecule has 0 unspecified atom stereocenters. The van der Waals surface area contributed by atoms with Crippen LogP contribution in [0.3, 0.4) is 0 Å². The Morgan fingerprint density at radius 3 is 1.42 bits per heavy atom. The molecule has 1 aliphatic rings. The number of hydrogen-bond donors (Lipinski definition) is 4. The highest BCUT2D eigenvalue weighted by atomic mass is 16.4. The standard InChI is InChI=1S/C34H37N9O7/c44-27(18-40-9-11-41(19-28(45)46)13-15-43(21-30(49)50)16-14-42(12-10-40)20-29(47)48)37-22-5-6-25-26(17-22)39-34-24-4-2-8-36-32(24)31-23(33(34)38-25)3-1-7-35-31/h1-8,17H,9-16,18-21H2,(H,37,44)(H,45,46)(H,47,48)(H,49,50). The van der Waals surface area contributed by atoms with Crippen molar-refractivity contribution in [1.82, 2.24) is 39.5 Å². The molecule has 2 aromatic carbocycles. The molecule has 0 atom stereocenters. The van der Waals surface area contributed by atoms with Crippen LogP contribution in [0.25, 0.3) is 43.9 Å². The SMILES string of the molecule is O=C(O)CN1CCN(CC(=O)O)CCN(CC(=O)Nc2ccc3nc4c5cccnc5c5ncccc5c4nc3c2)CCN(CC(=O)O)CC1. The summed E-state index contributed by atoms with van der Waals surface area (Å²) < 4.78 is 0. The molecule has 1 fully saturated rings. The van der Waals surface area contributed by atoms with E-state index in [9.17, 15) is 34.5 Å². The van der Waals surface area contributed by atoms with Crippen molar-refractivity contribution in [2.24, 2.45) is 0 Å². The Hall–Kier alpha value is -5.42. The normalized spacial score (nSPS) is 16.3. The van der Waals surface area contributed by atoms with E-state index < -0.39 is 17.9 Å². The topological polar surface area (TPSA) is 206 Å². The van der Waals surface area contributed by atoms with E-state index in [0.29, 0.717) is 80.1 Å². The summed E-state index contributed by atoms with van der Waals surface area (Å²) >= 11 is 0. The van der Waals surface area contributed by atoms with Crippen LogP contribution in [-0.4, -0.2) is 157 Å². The zero-order valence-electron chi connectivity index (χ0n) is 27.2. The van der Waals surface area contributed by atoms with Crippen LogP contribution in [0.5, 0.6) is 0 Å². The predicted molar refractivity (Wildman–Crippen MR) is 185 cm³/mol. The second-order valence-electron chi connectivity index (χ2n) is 12.3. The molecule has 0 saturated carbocycles. The molecule has 6 rings (SSSR count). The highest BCUT2D eigenvalue weighted by Crippen LogP contribution is 2.32. The van der Waals surface area contributed by atoms with Gasteiger partial charge in [0.05, 0.1) is 59.3 Å². The van der Waals surface area contributed by atoms with Crippen LogP contribution in [0.2, 0.25) is 0 Å². The third-order valence-electron chi connectivity index (χ3n) is 8.67. The van der Waals surface area contributed by atoms with Crippen LogP contribution in [0.4, 0.5) is 5.69 Å². The van der Waals surface area contributed by atoms with E-state index in [0.717, 1.165) is 21.8 Å². The number of hydrogen-bond acceptors (Lipinski definition) is 12. The smallest absolute Gasteiger partial charge is 0.317 e. The number of aliphatic carboxylic acids is 3. The monoisotopic (exact) mass is 683 g/mol. The highest BCUT2D eigenvalue weighted by molar-refractivity contribution is 6.21. The van der Waals surface area contributed by atoms with Crippen molar-refractivity contribution >= 4 is 73.4 Å². The predicted octanol–water partition coefficient (Wildman–Crippen LogP) is 1.29. The minimum atomic E-state index is -1.02. The molecule has 16 nitrogen and oxygen atoms in total. The van der Waals surface area contributed by atoms with Crippen LogP contribution in [0, 0.1) is 0 Å². The number of rotatable bonds is 9. The fourth-order valence-corrected chi connectivity index (χ4v) is 6.27. The van der Waals surface area contributed by atoms with E-state index in [1.54, 1.807) is 45.3 Å². The van der Waals surface area contributed by atoms with Crippen LogP contribution < -0.4 is 5.32 Å². The minimum absolute atomic E-state index is 0.0241. The van der Waals surface area contributed by atoms with Gasteiger partial charge in [0.2, 0.25) is 5.91 Å². The van der Waals surface area contributed by atoms with Gasteiger partial charge in [-0.1, -0.05) is 0 Å². The molecule has 0 radical (unpaired) electrons. The Kier molecular flexibility index (Phi) is 10.6. The Balaban J connectivity index is 1.21. The van der Waals surface area contributed by atoms with Crippen molar-refractivity contribution in [3.05, 3.63) is 54.9 Å². The largest absolute Gasteiger partial charge is 0.480 e. The maximum Gasteiger partial charge on any atom is 0.317 e. The molecular weight excluding hydrogens is 646 g/mol. The average Bonchev–Trinajstić information content (AvgIpc) is 3.08. The molecule has 1 aliphatic heterocycles. The summed E-state index contributed by atoms with van der Waals surface area (Å²) in [7, 11) is 0. The zero-order chi connectivity index (χ0) is 35.2. The lowest BCUT2D eigenvalue weighted by molar-refractivity contribution is -0.140. The van der Waals surface area contributed by atoms with Gasteiger partial charge in [-0.15, -0.1) is 0 Å². The number of aromatic nitrogens is 4. The molecule has 1 amide bonds. The van der Waals surface area contributed by atoms with E-state index in [1.165, 1.54) is 0 Å². The number of benzene rings is 2. The summed E-state index contributed by atoms with van der Waals surface area (Å²) in [5.74, 6) is -3.35. The van der Waals surface area contributed by atoms with E-state index in [1.807, 2.05) is 29.2 Å². The van der Waals surface area contributed by atoms with Gasteiger partial charge in [-0.2, -0.15) is 0 Å². The third-order valence-corrected chi connectivity index (χ3v) is 8.67. The number of nitrogens with zero attached hydrogens (tertiary/aromatic N) is 8. The van der Waals surface area contributed by atoms with Crippen molar-refractivity contribution in [2.75, 3.05) is 83.9 Å². The molecule has 4 N–H and O–H groups in total. The summed E-state index contributed by atoms with van der Waals surface area (Å²) in [4.78, 5) is 74.0. The fourth-order valence-electron chi connectivity index (χ4n) is 6.27. The van der Waals surface area contributed by atoms with Crippen LogP contribution in [0.1, 0.15) is 0 Å². The Morgan fingerprint density at radius 1 is 0.560 bits per heavy atom. The molecule has 0 spiro atoms. The lowest BCUT2D eigenvalue weighted by Crippen LogP contribution is -2.49. The van der Waals surface area contributed by atoms with Crippen molar-refractivity contribution in [3.8, 4) is 0 Å². The maximum atomic E-state index is 13.4. The summed E-state index contributed by atoms with van der Waals surface area (Å²) in [5, 5.41) is 32.9. The Bertz CT molecular complexity index is 2050. The number of amides is 1. The highest BCUT2D eigenvalue weighted by Gasteiger charge is 2.21. The van der Waals surface area contributed by atoms with Crippen molar-refractivity contribution in [2.45, 2.75) is 0 Å². The first-order valence-corrected chi connectivity index (χ1v) is 16.2. The molecule has 16 heteroatoms. The molecule has 50 heavy (non-hydrogen) atoms. The lowest BCUT2D eigenvalue weighted by Gasteiger charge is -2.32. The van der Waals surface area contributed by atoms with E-state index >= 15 is 0 Å². The number of nitrogens with one attached hydrogen (secondary N) is 1. The summed E-state index contributed by atoms with van der Waals surface area (Å²) in [6, 6.07) is 12.9. The van der Waals surface area contributed by atoms with Gasteiger partial charge in [0.1, 0.15) is 0 Å². The minimum Gasteiger partial charge on any atom is -0.480 e. The van der Waals surface area contributed by atoms with Gasteiger partial charge in [-0.3, -0.25) is 48.7 Å². The molecule has 4 heterocycles. The summed E-state index contributed by atoms with van der Waals surface area (Å²) in [6.07, 6.45) is 3.44. The van der Waals surface area contributed by atoms with Gasteiger partial charge in [0, 0.05) is 81.2 Å². The number of anilines is 1. The first-order chi connectivity index (χ1) is 24.1. The van der Waals surface area contributed by atoms with Crippen molar-refractivity contribution < 1.29 is 34.5 Å². The number of carboxylic acids is 3. The van der Waals surface area contributed by atoms with Crippen LogP contribution in [0.15, 0.2) is 54.9 Å². The van der Waals surface area contributed by atoms with Crippen molar-refractivity contribution in [1.29, 1.82) is 0 Å². The van der Waals surface area contributed by atoms with Gasteiger partial charge < -0.3 is 20.6 Å². The zero-order valence-corrected chi connectivity index (χ0v) is 27.2. The molecule has 3 aromatic heterocycles. The molecular formula is C34H37N9O7. The summed E-state index contributed by atoms with van der Waals surface area (Å²) in [6.45, 7) is 1.71.